The van der Waals surface area contributed by atoms with Gasteiger partial charge >= 0.3 is 0 Å². The molecule has 4 heteroatoms. The van der Waals surface area contributed by atoms with E-state index in [1.165, 1.54) is 12.2 Å². The Kier molecular flexibility index (Phi) is 2.59. The molecular formula is C13H18N4. The summed E-state index contributed by atoms with van der Waals surface area (Å²) in [6.07, 6.45) is 4.92. The molecule has 0 amide bonds. The zero-order valence-electron chi connectivity index (χ0n) is 10.3. The summed E-state index contributed by atoms with van der Waals surface area (Å²) in [6, 6.07) is 2.43. The first-order valence-corrected chi connectivity index (χ1v) is 6.30. The van der Waals surface area contributed by atoms with E-state index in [1.54, 1.807) is 0 Å². The lowest BCUT2D eigenvalue weighted by molar-refractivity contribution is 0.550. The first-order chi connectivity index (χ1) is 8.27. The highest BCUT2D eigenvalue weighted by atomic mass is 15.1. The molecule has 90 valence electrons. The van der Waals surface area contributed by atoms with Crippen molar-refractivity contribution in [3.8, 4) is 0 Å². The van der Waals surface area contributed by atoms with E-state index >= 15 is 0 Å². The summed E-state index contributed by atoms with van der Waals surface area (Å²) in [5.74, 6) is 1.76. The van der Waals surface area contributed by atoms with E-state index in [0.29, 0.717) is 12.0 Å². The minimum Gasteiger partial charge on any atom is -0.324 e. The summed E-state index contributed by atoms with van der Waals surface area (Å²) in [5.41, 5.74) is 2.22. The van der Waals surface area contributed by atoms with E-state index in [0.717, 1.165) is 24.1 Å². The third-order valence-corrected chi connectivity index (χ3v) is 3.46. The van der Waals surface area contributed by atoms with Gasteiger partial charge in [-0.05, 0) is 32.9 Å². The van der Waals surface area contributed by atoms with Crippen LogP contribution in [-0.2, 0) is 0 Å². The second-order valence-corrected chi connectivity index (χ2v) is 4.99. The minimum atomic E-state index is 0.430. The van der Waals surface area contributed by atoms with Gasteiger partial charge in [-0.15, -0.1) is 0 Å². The third kappa shape index (κ3) is 1.72. The molecule has 1 aliphatic heterocycles. The molecule has 4 nitrogen and oxygen atoms in total. The molecule has 1 fully saturated rings. The molecule has 0 bridgehead atoms. The molecule has 1 N–H and O–H groups in total. The first kappa shape index (κ1) is 10.7. The minimum absolute atomic E-state index is 0.430. The van der Waals surface area contributed by atoms with Crippen LogP contribution in [0.3, 0.4) is 0 Å². The zero-order valence-corrected chi connectivity index (χ0v) is 10.3. The maximum Gasteiger partial charge on any atom is 0.114 e. The van der Waals surface area contributed by atoms with E-state index in [4.69, 9.17) is 4.98 Å². The van der Waals surface area contributed by atoms with Crippen molar-refractivity contribution in [1.82, 2.24) is 19.9 Å². The van der Waals surface area contributed by atoms with Crippen LogP contribution in [0.25, 0.3) is 11.0 Å². The van der Waals surface area contributed by atoms with Crippen molar-refractivity contribution in [3.05, 3.63) is 24.3 Å². The molecule has 0 spiro atoms. The third-order valence-electron chi connectivity index (χ3n) is 3.46. The van der Waals surface area contributed by atoms with Gasteiger partial charge in [0.25, 0.3) is 0 Å². The van der Waals surface area contributed by atoms with Gasteiger partial charge in [0.1, 0.15) is 5.82 Å². The van der Waals surface area contributed by atoms with Crippen molar-refractivity contribution < 1.29 is 0 Å². The highest BCUT2D eigenvalue weighted by Crippen LogP contribution is 2.28. The molecule has 1 unspecified atom stereocenters. The predicted molar refractivity (Wildman–Crippen MR) is 68.1 cm³/mol. The summed E-state index contributed by atoms with van der Waals surface area (Å²) in [5, 5.41) is 3.41. The van der Waals surface area contributed by atoms with Crippen molar-refractivity contribution in [1.29, 1.82) is 0 Å². The van der Waals surface area contributed by atoms with Gasteiger partial charge in [0.05, 0.1) is 17.2 Å². The molecule has 17 heavy (non-hydrogen) atoms. The summed E-state index contributed by atoms with van der Waals surface area (Å²) in [7, 11) is 0. The van der Waals surface area contributed by atoms with Gasteiger partial charge in [0, 0.05) is 24.7 Å². The van der Waals surface area contributed by atoms with Crippen LogP contribution in [0.5, 0.6) is 0 Å². The molecule has 0 saturated carbocycles. The predicted octanol–water partition coefficient (Wildman–Crippen LogP) is 2.09. The molecule has 1 saturated heterocycles. The topological polar surface area (TPSA) is 42.7 Å². The van der Waals surface area contributed by atoms with E-state index in [9.17, 15) is 0 Å². The number of hydrogen-bond donors (Lipinski definition) is 1. The number of nitrogens with zero attached hydrogens (tertiary/aromatic N) is 3. The number of rotatable bonds is 2. The largest absolute Gasteiger partial charge is 0.324 e. The van der Waals surface area contributed by atoms with Crippen LogP contribution in [0.1, 0.15) is 38.1 Å². The SMILES string of the molecule is CC(C)n1c(C2CCNC2)nc2ccncc21. The molecule has 3 heterocycles. The Morgan fingerprint density at radius 2 is 2.35 bits per heavy atom. The van der Waals surface area contributed by atoms with Crippen molar-refractivity contribution >= 4 is 11.0 Å². The van der Waals surface area contributed by atoms with E-state index in [2.05, 4.69) is 28.7 Å². The van der Waals surface area contributed by atoms with Gasteiger partial charge in [0.2, 0.25) is 0 Å². The quantitative estimate of drug-likeness (QED) is 0.859. The number of aromatic nitrogens is 3. The number of hydrogen-bond acceptors (Lipinski definition) is 3. The Labute approximate surface area is 101 Å². The normalized spacial score (nSPS) is 20.5. The number of fused-ring (bicyclic) bond motifs is 1. The Morgan fingerprint density at radius 3 is 3.06 bits per heavy atom. The molecule has 0 aromatic carbocycles. The van der Waals surface area contributed by atoms with Crippen LogP contribution in [0.15, 0.2) is 18.5 Å². The van der Waals surface area contributed by atoms with Crippen molar-refractivity contribution in [2.75, 3.05) is 13.1 Å². The van der Waals surface area contributed by atoms with Gasteiger partial charge < -0.3 is 9.88 Å². The van der Waals surface area contributed by atoms with Gasteiger partial charge in [-0.3, -0.25) is 4.98 Å². The number of pyridine rings is 1. The van der Waals surface area contributed by atoms with E-state index < -0.39 is 0 Å². The smallest absolute Gasteiger partial charge is 0.114 e. The highest BCUT2D eigenvalue weighted by Gasteiger charge is 2.24. The van der Waals surface area contributed by atoms with Gasteiger partial charge in [-0.1, -0.05) is 0 Å². The fraction of sp³-hybridized carbons (Fsp3) is 0.538. The average Bonchev–Trinajstić information content (AvgIpc) is 2.95. The molecule has 1 atom stereocenters. The lowest BCUT2D eigenvalue weighted by Crippen LogP contribution is -2.14. The number of imidazole rings is 1. The molecule has 2 aromatic heterocycles. The molecular weight excluding hydrogens is 212 g/mol. The van der Waals surface area contributed by atoms with Crippen LogP contribution in [0, 0.1) is 0 Å². The average molecular weight is 230 g/mol. The van der Waals surface area contributed by atoms with Crippen molar-refractivity contribution in [2.24, 2.45) is 0 Å². The van der Waals surface area contributed by atoms with Crippen molar-refractivity contribution in [3.63, 3.8) is 0 Å². The molecule has 0 radical (unpaired) electrons. The maximum atomic E-state index is 4.80. The van der Waals surface area contributed by atoms with Gasteiger partial charge in [-0.2, -0.15) is 0 Å². The van der Waals surface area contributed by atoms with Gasteiger partial charge in [0.15, 0.2) is 0 Å². The second-order valence-electron chi connectivity index (χ2n) is 4.99. The zero-order chi connectivity index (χ0) is 11.8. The van der Waals surface area contributed by atoms with Gasteiger partial charge in [-0.25, -0.2) is 4.98 Å². The summed E-state index contributed by atoms with van der Waals surface area (Å²) < 4.78 is 2.33. The highest BCUT2D eigenvalue weighted by molar-refractivity contribution is 5.75. The fourth-order valence-electron chi connectivity index (χ4n) is 2.67. The lowest BCUT2D eigenvalue weighted by atomic mass is 10.1. The van der Waals surface area contributed by atoms with Crippen LogP contribution in [0.4, 0.5) is 0 Å². The second kappa shape index (κ2) is 4.11. The Hall–Kier alpha value is -1.42. The number of nitrogens with one attached hydrogen (secondary N) is 1. The Balaban J connectivity index is 2.18. The van der Waals surface area contributed by atoms with E-state index in [-0.39, 0.29) is 0 Å². The maximum absolute atomic E-state index is 4.80. The Morgan fingerprint density at radius 1 is 1.47 bits per heavy atom. The van der Waals surface area contributed by atoms with Crippen LogP contribution >= 0.6 is 0 Å². The van der Waals surface area contributed by atoms with Crippen molar-refractivity contribution in [2.45, 2.75) is 32.2 Å². The standard InChI is InChI=1S/C13H18N4/c1-9(2)17-12-8-15-6-4-11(12)16-13(17)10-3-5-14-7-10/h4,6,8-10,14H,3,5,7H2,1-2H3. The Bertz CT molecular complexity index is 523. The van der Waals surface area contributed by atoms with Crippen LogP contribution in [-0.4, -0.2) is 27.6 Å². The summed E-state index contributed by atoms with van der Waals surface area (Å²) in [6.45, 7) is 6.56. The summed E-state index contributed by atoms with van der Waals surface area (Å²) in [4.78, 5) is 9.02. The van der Waals surface area contributed by atoms with Crippen LogP contribution in [0.2, 0.25) is 0 Å². The fourth-order valence-corrected chi connectivity index (χ4v) is 2.67. The molecule has 3 rings (SSSR count). The molecule has 0 aliphatic carbocycles. The monoisotopic (exact) mass is 230 g/mol. The first-order valence-electron chi connectivity index (χ1n) is 6.30. The van der Waals surface area contributed by atoms with Crippen LogP contribution < -0.4 is 5.32 Å². The lowest BCUT2D eigenvalue weighted by Gasteiger charge is -2.16. The molecule has 2 aromatic rings. The summed E-state index contributed by atoms with van der Waals surface area (Å²) >= 11 is 0. The molecule has 1 aliphatic rings. The van der Waals surface area contributed by atoms with E-state index in [1.807, 2.05) is 18.5 Å².